The molecule has 4 rings (SSSR count). The fourth-order valence-corrected chi connectivity index (χ4v) is 6.97. The van der Waals surface area contributed by atoms with E-state index < -0.39 is 165 Å². The molecule has 0 spiro atoms. The molecule has 4 aromatic rings. The number of hydrogen-bond acceptors (Lipinski definition) is 4. The van der Waals surface area contributed by atoms with Crippen LogP contribution in [-0.4, -0.2) is 58.1 Å². The number of nitrogens with zero attached hydrogens (tertiary/aromatic N) is 2. The van der Waals surface area contributed by atoms with Crippen molar-refractivity contribution in [2.75, 3.05) is 40.5 Å². The van der Waals surface area contributed by atoms with Gasteiger partial charge in [-0.3, -0.25) is 9.98 Å². The summed E-state index contributed by atoms with van der Waals surface area (Å²) in [6.45, 7) is 7.15. The molecular formula is C44H40BF21N2O2Pt. The maximum absolute atomic E-state index is 14.1. The molecule has 0 radical (unpaired) electrons. The second kappa shape index (κ2) is 24.4. The Hall–Kier alpha value is -4.58. The molecule has 0 saturated carbocycles. The number of rotatable bonds is 13. The molecule has 27 heteroatoms. The Morgan fingerprint density at radius 1 is 0.394 bits per heavy atom. The quantitative estimate of drug-likeness (QED) is 0.0440. The molecule has 71 heavy (non-hydrogen) atoms. The molecule has 0 fully saturated rings. The molecule has 0 aliphatic heterocycles. The Labute approximate surface area is 406 Å². The van der Waals surface area contributed by atoms with Crippen molar-refractivity contribution in [1.29, 1.82) is 0 Å². The smallest absolute Gasteiger partial charge is 0.385 e. The Bertz CT molecular complexity index is 2130. The van der Waals surface area contributed by atoms with Gasteiger partial charge in [-0.1, -0.05) is 60.7 Å². The van der Waals surface area contributed by atoms with Crippen molar-refractivity contribution in [3.63, 3.8) is 0 Å². The zero-order chi connectivity index (χ0) is 52.8. The summed E-state index contributed by atoms with van der Waals surface area (Å²) in [6, 6.07) is -4.13. The van der Waals surface area contributed by atoms with E-state index in [1.165, 1.54) is 0 Å². The van der Waals surface area contributed by atoms with Crippen LogP contribution in [0.4, 0.5) is 92.2 Å². The van der Waals surface area contributed by atoms with Gasteiger partial charge < -0.3 is 16.9 Å². The Kier molecular flexibility index (Phi) is 22.2. The molecular weight excluding hydrogens is 1190 g/mol. The minimum Gasteiger partial charge on any atom is -0.385 e. The second-order valence-electron chi connectivity index (χ2n) is 15.1. The number of benzene rings is 4. The third-order valence-corrected chi connectivity index (χ3v) is 10.3. The van der Waals surface area contributed by atoms with E-state index in [0.29, 0.717) is 0 Å². The van der Waals surface area contributed by atoms with Gasteiger partial charge in [-0.15, -0.1) is 0 Å². The van der Waals surface area contributed by atoms with Gasteiger partial charge in [-0.05, 0) is 44.9 Å². The number of ether oxygens (including phenoxy) is 2. The minimum atomic E-state index is -5.93. The van der Waals surface area contributed by atoms with Gasteiger partial charge in [0.1, 0.15) is 6.15 Å². The average molecular weight is 1230 g/mol. The SMILES string of the molecule is COCCCN=C(C)C(C)=NCCCOC.FC(F)(F)c1cccc([B-](c2cc(C(F)(F)F)cc(C(F)(F)F)c2)(c2cc(C(F)(F)F)cc(C(F)(F)F)c2)c2cc(C(F)(F)F)cc(C(F)(F)F)c2)c1.[CH3-].[Pt+2]. The van der Waals surface area contributed by atoms with E-state index in [9.17, 15) is 92.2 Å². The summed E-state index contributed by atoms with van der Waals surface area (Å²) in [7, 11) is 3.41. The minimum absolute atomic E-state index is 0. The summed E-state index contributed by atoms with van der Waals surface area (Å²) in [4.78, 5) is 8.87. The van der Waals surface area contributed by atoms with Crippen LogP contribution in [0.3, 0.4) is 0 Å². The first-order chi connectivity index (χ1) is 31.4. The zero-order valence-corrected chi connectivity index (χ0v) is 39.6. The maximum Gasteiger partial charge on any atom is 2.00 e. The van der Waals surface area contributed by atoms with Gasteiger partial charge in [0.15, 0.2) is 0 Å². The standard InChI is InChI=1S/C31H13BF21.C12H24N2O2.CH3.Pt/c33-25(34,35)14-2-1-3-21(7-14)32(22-8-15(26(36,37)38)4-16(9-22)27(39,40)41,23-10-17(28(42,43)44)5-18(11-23)29(45,46)47)24-12-19(30(48,49)50)6-20(13-24)31(51,52)53;1-11(13-7-5-9-15-3)12(2)14-8-6-10-16-4;;/h1-13H;5-10H2,1-4H3;1H3;/q-1;;-1;+2. The van der Waals surface area contributed by atoms with Crippen LogP contribution in [0.25, 0.3) is 0 Å². The van der Waals surface area contributed by atoms with Gasteiger partial charge in [0.2, 0.25) is 0 Å². The van der Waals surface area contributed by atoms with Gasteiger partial charge in [-0.25, -0.2) is 0 Å². The first-order valence-electron chi connectivity index (χ1n) is 19.6. The third kappa shape index (κ3) is 17.3. The maximum atomic E-state index is 14.1. The summed E-state index contributed by atoms with van der Waals surface area (Å²) < 4.78 is 306. The predicted octanol–water partition coefficient (Wildman–Crippen LogP) is 12.6. The van der Waals surface area contributed by atoms with Crippen LogP contribution in [0.15, 0.2) is 88.8 Å². The van der Waals surface area contributed by atoms with Crippen molar-refractivity contribution in [3.8, 4) is 0 Å². The fourth-order valence-electron chi connectivity index (χ4n) is 6.97. The molecule has 4 aromatic carbocycles. The first kappa shape index (κ1) is 64.4. The van der Waals surface area contributed by atoms with E-state index in [-0.39, 0.29) is 52.8 Å². The van der Waals surface area contributed by atoms with Crippen molar-refractivity contribution in [2.24, 2.45) is 9.98 Å². The molecule has 0 saturated heterocycles. The van der Waals surface area contributed by atoms with E-state index in [4.69, 9.17) is 9.47 Å². The molecule has 0 amide bonds. The fraction of sp³-hybridized carbons (Fsp3) is 0.386. The average Bonchev–Trinajstić information content (AvgIpc) is 3.22. The molecule has 0 bridgehead atoms. The monoisotopic (exact) mass is 1230 g/mol. The summed E-state index contributed by atoms with van der Waals surface area (Å²) in [5, 5.41) is 0. The van der Waals surface area contributed by atoms with Crippen molar-refractivity contribution < 1.29 is 123 Å². The summed E-state index contributed by atoms with van der Waals surface area (Å²) in [6.07, 6.45) is -44.5. The van der Waals surface area contributed by atoms with Crippen molar-refractivity contribution in [3.05, 3.63) is 125 Å². The van der Waals surface area contributed by atoms with Crippen molar-refractivity contribution in [2.45, 2.75) is 69.9 Å². The van der Waals surface area contributed by atoms with Crippen LogP contribution in [-0.2, 0) is 73.8 Å². The van der Waals surface area contributed by atoms with Crippen LogP contribution in [0.5, 0.6) is 0 Å². The largest absolute Gasteiger partial charge is 2.00 e. The van der Waals surface area contributed by atoms with Crippen LogP contribution in [0.1, 0.15) is 65.6 Å². The first-order valence-corrected chi connectivity index (χ1v) is 19.6. The Morgan fingerprint density at radius 3 is 0.859 bits per heavy atom. The van der Waals surface area contributed by atoms with Gasteiger partial charge >= 0.3 is 64.3 Å². The van der Waals surface area contributed by atoms with Crippen LogP contribution < -0.4 is 21.9 Å². The summed E-state index contributed by atoms with van der Waals surface area (Å²) >= 11 is 0. The number of aliphatic imine (C=N–C) groups is 2. The molecule has 0 atom stereocenters. The van der Waals surface area contributed by atoms with Crippen LogP contribution >= 0.6 is 0 Å². The molecule has 0 N–H and O–H groups in total. The second-order valence-corrected chi connectivity index (χ2v) is 15.1. The van der Waals surface area contributed by atoms with Gasteiger partial charge in [0.05, 0.1) is 50.4 Å². The summed E-state index contributed by atoms with van der Waals surface area (Å²) in [5.74, 6) is 0. The van der Waals surface area contributed by atoms with Crippen molar-refractivity contribution in [1.82, 2.24) is 0 Å². The van der Waals surface area contributed by atoms with E-state index in [0.717, 1.165) is 50.6 Å². The molecule has 0 aliphatic rings. The molecule has 0 aliphatic carbocycles. The van der Waals surface area contributed by atoms with E-state index in [1.807, 2.05) is 13.8 Å². The number of halogens is 21. The topological polar surface area (TPSA) is 43.2 Å². The van der Waals surface area contributed by atoms with Gasteiger partial charge in [0, 0.05) is 40.5 Å². The molecule has 0 heterocycles. The third-order valence-electron chi connectivity index (χ3n) is 10.3. The zero-order valence-electron chi connectivity index (χ0n) is 37.3. The predicted molar refractivity (Wildman–Crippen MR) is 220 cm³/mol. The van der Waals surface area contributed by atoms with Crippen molar-refractivity contribution >= 4 is 39.4 Å². The molecule has 0 unspecified atom stereocenters. The number of alkyl halides is 21. The Balaban J connectivity index is 0.00000120. The van der Waals surface area contributed by atoms with Crippen LogP contribution in [0, 0.1) is 7.43 Å². The van der Waals surface area contributed by atoms with Gasteiger partial charge in [0.25, 0.3) is 0 Å². The summed E-state index contributed by atoms with van der Waals surface area (Å²) in [5.41, 5.74) is -21.7. The number of hydrogen-bond donors (Lipinski definition) is 0. The van der Waals surface area contributed by atoms with E-state index >= 15 is 0 Å². The molecule has 0 aromatic heterocycles. The van der Waals surface area contributed by atoms with Crippen LogP contribution in [0.2, 0.25) is 0 Å². The van der Waals surface area contributed by atoms with E-state index in [1.54, 1.807) is 14.2 Å². The molecule has 398 valence electrons. The Morgan fingerprint density at radius 2 is 0.634 bits per heavy atom. The van der Waals surface area contributed by atoms with E-state index in [2.05, 4.69) is 9.98 Å². The number of methoxy groups -OCH3 is 2. The molecule has 4 nitrogen and oxygen atoms in total. The normalized spacial score (nSPS) is 13.5. The van der Waals surface area contributed by atoms with Gasteiger partial charge in [-0.2, -0.15) is 114 Å².